The molecule has 27 heavy (non-hydrogen) atoms. The van der Waals surface area contributed by atoms with Gasteiger partial charge >= 0.3 is 17.9 Å². The van der Waals surface area contributed by atoms with Crippen molar-refractivity contribution in [2.24, 2.45) is 5.11 Å². The minimum atomic E-state index is -1.57. The van der Waals surface area contributed by atoms with E-state index < -0.39 is 81.4 Å². The number of nitrogens with zero attached hydrogens (tertiary/aromatic N) is 3. The van der Waals surface area contributed by atoms with Gasteiger partial charge in [0.2, 0.25) is 12.2 Å². The van der Waals surface area contributed by atoms with Crippen molar-refractivity contribution < 1.29 is 46.0 Å². The molecule has 1 heterocycles. The summed E-state index contributed by atoms with van der Waals surface area (Å²) in [7, 11) is 0. The number of azide groups is 1. The highest BCUT2D eigenvalue weighted by Crippen LogP contribution is 2.27. The summed E-state index contributed by atoms with van der Waals surface area (Å²) < 4.78 is 34.6. The molecule has 1 saturated heterocycles. The van der Waals surface area contributed by atoms with Crippen molar-refractivity contribution in [1.82, 2.24) is 5.32 Å². The minimum Gasteiger partial charge on any atom is -0.456 e. The molecule has 150 valence electrons. The van der Waals surface area contributed by atoms with E-state index in [-0.39, 0.29) is 0 Å². The van der Waals surface area contributed by atoms with Crippen molar-refractivity contribution in [3.63, 3.8) is 0 Å². The molecule has 1 amide bonds. The molecule has 1 rings (SSSR count). The van der Waals surface area contributed by atoms with Crippen molar-refractivity contribution in [3.05, 3.63) is 10.4 Å². The second-order valence-corrected chi connectivity index (χ2v) is 5.23. The van der Waals surface area contributed by atoms with Gasteiger partial charge in [-0.15, -0.1) is 0 Å². The van der Waals surface area contributed by atoms with Gasteiger partial charge in [0.15, 0.2) is 12.2 Å². The molecular weight excluding hydrogens is 368 g/mol. The van der Waals surface area contributed by atoms with Crippen molar-refractivity contribution in [1.29, 1.82) is 0 Å². The maximum atomic E-state index is 12.0. The summed E-state index contributed by atoms with van der Waals surface area (Å²) in [5, 5.41) is 14.9. The van der Waals surface area contributed by atoms with E-state index in [0.29, 0.717) is 0 Å². The second-order valence-electron chi connectivity index (χ2n) is 5.23. The molecule has 0 aromatic heterocycles. The van der Waals surface area contributed by atoms with Crippen LogP contribution in [0.2, 0.25) is 0 Å². The summed E-state index contributed by atoms with van der Waals surface area (Å²) in [5.41, 5.74) is 8.32. The molecule has 0 spiro atoms. The lowest BCUT2D eigenvalue weighted by Crippen LogP contribution is -2.67. The Labute approximate surface area is 156 Å². The van der Waals surface area contributed by atoms with Gasteiger partial charge in [-0.25, -0.2) is 0 Å². The summed E-state index contributed by atoms with van der Waals surface area (Å²) in [6, 6.07) is -1.44. The number of carbonyl (C=O) groups excluding carboxylic acids is 4. The Balaban J connectivity index is 3.31. The van der Waals surface area contributed by atoms with Gasteiger partial charge in [0, 0.05) is 28.4 Å². The molecule has 0 aromatic rings. The average Bonchev–Trinajstić information content (AvgIpc) is 2.69. The van der Waals surface area contributed by atoms with E-state index in [4.69, 9.17) is 27.2 Å². The molecule has 0 aliphatic carbocycles. The second kappa shape index (κ2) is 10.3. The Morgan fingerprint density at radius 1 is 1.19 bits per heavy atom. The van der Waals surface area contributed by atoms with Gasteiger partial charge in [-0.2, -0.15) is 0 Å². The maximum absolute atomic E-state index is 12.0. The SMILES string of the molecule is [2H]CC(=O)O[C@H]1[C@H](OC(=O)C[2H])[C@@H](CO)OC(OC(C)=O)[C@H]1NC(=O)CN=[N+]=[N-]. The molecule has 1 aliphatic heterocycles. The van der Waals surface area contributed by atoms with Crippen LogP contribution in [0.25, 0.3) is 10.4 Å². The molecule has 1 fully saturated rings. The Bertz CT molecular complexity index is 673. The van der Waals surface area contributed by atoms with Gasteiger partial charge in [0.05, 0.1) is 6.61 Å². The molecule has 1 unspecified atom stereocenters. The third kappa shape index (κ3) is 6.73. The van der Waals surface area contributed by atoms with E-state index in [0.717, 1.165) is 6.92 Å². The first-order valence-electron chi connectivity index (χ1n) is 8.89. The molecule has 1 aliphatic rings. The van der Waals surface area contributed by atoms with Crippen molar-refractivity contribution in [2.45, 2.75) is 51.4 Å². The zero-order valence-corrected chi connectivity index (χ0v) is 14.3. The van der Waals surface area contributed by atoms with Gasteiger partial charge in [-0.3, -0.25) is 19.2 Å². The zero-order valence-electron chi connectivity index (χ0n) is 16.3. The highest BCUT2D eigenvalue weighted by molar-refractivity contribution is 5.78. The van der Waals surface area contributed by atoms with Crippen molar-refractivity contribution in [3.8, 4) is 0 Å². The minimum absolute atomic E-state index is 0.653. The lowest BCUT2D eigenvalue weighted by molar-refractivity contribution is -0.269. The highest BCUT2D eigenvalue weighted by atomic mass is 16.7. The van der Waals surface area contributed by atoms with Gasteiger partial charge in [-0.05, 0) is 5.53 Å². The average molecular weight is 390 g/mol. The van der Waals surface area contributed by atoms with Gasteiger partial charge in [0.25, 0.3) is 0 Å². The Morgan fingerprint density at radius 2 is 1.81 bits per heavy atom. The highest BCUT2D eigenvalue weighted by Gasteiger charge is 2.51. The summed E-state index contributed by atoms with van der Waals surface area (Å²) >= 11 is 0. The fourth-order valence-electron chi connectivity index (χ4n) is 2.38. The fraction of sp³-hybridized carbons (Fsp3) is 0.714. The first kappa shape index (κ1) is 18.9. The van der Waals surface area contributed by atoms with Gasteiger partial charge in [0.1, 0.15) is 18.7 Å². The molecule has 13 heteroatoms. The van der Waals surface area contributed by atoms with Crippen LogP contribution in [0.4, 0.5) is 0 Å². The van der Waals surface area contributed by atoms with E-state index in [9.17, 15) is 24.3 Å². The number of rotatable bonds is 7. The smallest absolute Gasteiger partial charge is 0.305 e. The Hall–Kier alpha value is -2.89. The van der Waals surface area contributed by atoms with Gasteiger partial charge in [-0.1, -0.05) is 5.11 Å². The van der Waals surface area contributed by atoms with Crippen LogP contribution >= 0.6 is 0 Å². The Kier molecular flexibility index (Phi) is 7.21. The summed E-state index contributed by atoms with van der Waals surface area (Å²) in [6.07, 6.45) is -5.96. The predicted octanol–water partition coefficient (Wildman–Crippen LogP) is -1.07. The number of hydrogen-bond donors (Lipinski definition) is 2. The standard InChI is InChI=1S/C14H20N4O9/c1-6(20)24-12-9(5-19)27-14(26-8(3)22)11(13(12)25-7(2)21)17-10(23)4-16-18-15/h9,11-14,19H,4-5H2,1-3H3,(H,17,23)/t9-,11+,12-,13-,14?/m1/s1/i1D,2D. The first-order chi connectivity index (χ1) is 13.8. The summed E-state index contributed by atoms with van der Waals surface area (Å²) in [6.45, 7) is -2.00. The third-order valence-electron chi connectivity index (χ3n) is 3.25. The topological polar surface area (TPSA) is 186 Å². The number of esters is 3. The van der Waals surface area contributed by atoms with Crippen molar-refractivity contribution in [2.75, 3.05) is 13.2 Å². The number of aliphatic hydroxyl groups is 1. The molecule has 0 aromatic carbocycles. The number of hydrogen-bond acceptors (Lipinski definition) is 10. The molecule has 0 bridgehead atoms. The van der Waals surface area contributed by atoms with Crippen LogP contribution in [0.15, 0.2) is 5.11 Å². The molecule has 13 nitrogen and oxygen atoms in total. The van der Waals surface area contributed by atoms with E-state index in [1.54, 1.807) is 0 Å². The Morgan fingerprint density at radius 3 is 2.33 bits per heavy atom. The maximum Gasteiger partial charge on any atom is 0.305 e. The third-order valence-corrected chi connectivity index (χ3v) is 3.25. The predicted molar refractivity (Wildman–Crippen MR) is 84.6 cm³/mol. The van der Waals surface area contributed by atoms with E-state index >= 15 is 0 Å². The molecule has 5 atom stereocenters. The van der Waals surface area contributed by atoms with Crippen LogP contribution in [0.1, 0.15) is 23.5 Å². The lowest BCUT2D eigenvalue weighted by atomic mass is 9.96. The van der Waals surface area contributed by atoms with E-state index in [1.165, 1.54) is 0 Å². The van der Waals surface area contributed by atoms with E-state index in [1.807, 2.05) is 0 Å². The van der Waals surface area contributed by atoms with Crippen LogP contribution in [-0.2, 0) is 38.1 Å². The normalized spacial score (nSPS) is 27.9. The summed E-state index contributed by atoms with van der Waals surface area (Å²) in [4.78, 5) is 49.2. The monoisotopic (exact) mass is 390 g/mol. The van der Waals surface area contributed by atoms with Crippen LogP contribution in [0, 0.1) is 0 Å². The largest absolute Gasteiger partial charge is 0.456 e. The van der Waals surface area contributed by atoms with Crippen LogP contribution < -0.4 is 5.32 Å². The van der Waals surface area contributed by atoms with Crippen molar-refractivity contribution >= 4 is 23.8 Å². The molecule has 0 radical (unpaired) electrons. The quantitative estimate of drug-likeness (QED) is 0.179. The number of amides is 1. The molecule has 0 saturated carbocycles. The molecular formula is C14H20N4O9. The molecule has 2 N–H and O–H groups in total. The zero-order chi connectivity index (χ0) is 22.0. The van der Waals surface area contributed by atoms with Crippen LogP contribution in [-0.4, -0.2) is 72.7 Å². The number of carbonyl (C=O) groups is 4. The van der Waals surface area contributed by atoms with E-state index in [2.05, 4.69) is 15.3 Å². The summed E-state index contributed by atoms with van der Waals surface area (Å²) in [5.74, 6) is -3.83. The first-order valence-corrected chi connectivity index (χ1v) is 7.48. The number of nitrogens with one attached hydrogen (secondary N) is 1. The van der Waals surface area contributed by atoms with Crippen LogP contribution in [0.5, 0.6) is 0 Å². The fourth-order valence-corrected chi connectivity index (χ4v) is 2.38. The number of ether oxygens (including phenoxy) is 4. The number of aliphatic hydroxyl groups excluding tert-OH is 1. The lowest BCUT2D eigenvalue weighted by Gasteiger charge is -2.44. The van der Waals surface area contributed by atoms with Gasteiger partial charge < -0.3 is 29.4 Å². The van der Waals surface area contributed by atoms with Crippen LogP contribution in [0.3, 0.4) is 0 Å².